The van der Waals surface area contributed by atoms with Gasteiger partial charge in [0, 0.05) is 19.1 Å². The fourth-order valence-corrected chi connectivity index (χ4v) is 3.44. The van der Waals surface area contributed by atoms with Gasteiger partial charge < -0.3 is 9.84 Å². The predicted molar refractivity (Wildman–Crippen MR) is 104 cm³/mol. The van der Waals surface area contributed by atoms with Gasteiger partial charge in [-0.15, -0.1) is 12.4 Å². The Bertz CT molecular complexity index is 738. The first-order valence-electron chi connectivity index (χ1n) is 8.91. The van der Waals surface area contributed by atoms with Crippen LogP contribution in [0.3, 0.4) is 0 Å². The lowest BCUT2D eigenvalue weighted by molar-refractivity contribution is 0.200. The number of aliphatic hydroxyl groups is 1. The molecule has 1 N–H and O–H groups in total. The second-order valence-corrected chi connectivity index (χ2v) is 6.88. The molecule has 3 rings (SSSR count). The van der Waals surface area contributed by atoms with Gasteiger partial charge in [0.05, 0.1) is 6.61 Å². The van der Waals surface area contributed by atoms with Crippen LogP contribution < -0.4 is 4.74 Å². The molecule has 0 unspecified atom stereocenters. The number of aryl methyl sites for hydroxylation is 2. The van der Waals surface area contributed by atoms with Crippen LogP contribution in [0.5, 0.6) is 5.75 Å². The van der Waals surface area contributed by atoms with Crippen molar-refractivity contribution < 1.29 is 14.2 Å². The fraction of sp³-hybridized carbons (Fsp3) is 0.429. The van der Waals surface area contributed by atoms with E-state index in [9.17, 15) is 4.39 Å². The van der Waals surface area contributed by atoms with Gasteiger partial charge in [-0.2, -0.15) is 0 Å². The van der Waals surface area contributed by atoms with E-state index in [0.717, 1.165) is 42.8 Å². The minimum Gasteiger partial charge on any atom is -0.491 e. The highest BCUT2D eigenvalue weighted by atomic mass is 35.5. The number of hydrogen-bond acceptors (Lipinski definition) is 3. The van der Waals surface area contributed by atoms with Crippen LogP contribution in [-0.4, -0.2) is 29.3 Å². The zero-order valence-corrected chi connectivity index (χ0v) is 16.2. The van der Waals surface area contributed by atoms with Crippen LogP contribution in [0.15, 0.2) is 36.4 Å². The molecule has 1 heterocycles. The summed E-state index contributed by atoms with van der Waals surface area (Å²) < 4.78 is 18.9. The number of hydrogen-bond donors (Lipinski definition) is 1. The molecule has 0 fully saturated rings. The summed E-state index contributed by atoms with van der Waals surface area (Å²) in [5.74, 6) is 0.690. The lowest BCUT2D eigenvalue weighted by atomic mass is 10.0. The highest BCUT2D eigenvalue weighted by Crippen LogP contribution is 2.27. The number of rotatable bonds is 7. The van der Waals surface area contributed by atoms with Gasteiger partial charge in [0.2, 0.25) is 0 Å². The molecule has 0 amide bonds. The van der Waals surface area contributed by atoms with Crippen molar-refractivity contribution in [3.05, 3.63) is 64.5 Å². The van der Waals surface area contributed by atoms with E-state index in [0.29, 0.717) is 12.6 Å². The third-order valence-corrected chi connectivity index (χ3v) is 4.98. The van der Waals surface area contributed by atoms with Crippen LogP contribution in [0.25, 0.3) is 0 Å². The van der Waals surface area contributed by atoms with Gasteiger partial charge >= 0.3 is 0 Å². The first kappa shape index (κ1) is 20.7. The van der Waals surface area contributed by atoms with Crippen LogP contribution in [-0.2, 0) is 19.5 Å². The Balaban J connectivity index is 0.00000243. The molecule has 1 atom stereocenters. The molecule has 0 bridgehead atoms. The Morgan fingerprint density at radius 1 is 1.15 bits per heavy atom. The molecule has 0 saturated carbocycles. The van der Waals surface area contributed by atoms with E-state index < -0.39 is 0 Å². The Labute approximate surface area is 161 Å². The lowest BCUT2D eigenvalue weighted by Crippen LogP contribution is -2.28. The van der Waals surface area contributed by atoms with Gasteiger partial charge in [-0.1, -0.05) is 18.2 Å². The van der Waals surface area contributed by atoms with E-state index in [-0.39, 0.29) is 24.8 Å². The quantitative estimate of drug-likeness (QED) is 0.780. The third-order valence-electron chi connectivity index (χ3n) is 4.98. The molecule has 2 aromatic carbocycles. The molecule has 0 radical (unpaired) electrons. The predicted octanol–water partition coefficient (Wildman–Crippen LogP) is 4.26. The van der Waals surface area contributed by atoms with Crippen molar-refractivity contribution in [1.82, 2.24) is 4.90 Å². The monoisotopic (exact) mass is 379 g/mol. The van der Waals surface area contributed by atoms with Crippen molar-refractivity contribution in [2.75, 3.05) is 13.2 Å². The zero-order chi connectivity index (χ0) is 17.8. The summed E-state index contributed by atoms with van der Waals surface area (Å²) in [7, 11) is 0. The third kappa shape index (κ3) is 4.97. The van der Waals surface area contributed by atoms with E-state index in [1.54, 1.807) is 12.1 Å². The minimum absolute atomic E-state index is 0. The van der Waals surface area contributed by atoms with Crippen LogP contribution >= 0.6 is 12.4 Å². The van der Waals surface area contributed by atoms with Gasteiger partial charge in [0.1, 0.15) is 18.2 Å². The second-order valence-electron chi connectivity index (χ2n) is 6.88. The Morgan fingerprint density at radius 2 is 1.92 bits per heavy atom. The number of fused-ring (bicyclic) bond motifs is 1. The van der Waals surface area contributed by atoms with Crippen molar-refractivity contribution in [1.29, 1.82) is 0 Å². The minimum atomic E-state index is -0.146. The summed E-state index contributed by atoms with van der Waals surface area (Å²) in [6.07, 6.45) is 2.07. The molecule has 5 heteroatoms. The normalized spacial score (nSPS) is 14.6. The molecule has 0 spiro atoms. The highest BCUT2D eigenvalue weighted by molar-refractivity contribution is 5.85. The maximum absolute atomic E-state index is 13.4. The first-order valence-corrected chi connectivity index (χ1v) is 8.91. The summed E-state index contributed by atoms with van der Waals surface area (Å²) in [4.78, 5) is 2.41. The zero-order valence-electron chi connectivity index (χ0n) is 15.4. The Hall–Kier alpha value is -1.62. The van der Waals surface area contributed by atoms with Crippen molar-refractivity contribution >= 4 is 12.4 Å². The SMILES string of the molecule is Cc1cc(CC[C@@H](C)N2Cc3ccc(F)cc3C2)ccc1OCCO.Cl. The van der Waals surface area contributed by atoms with E-state index >= 15 is 0 Å². The van der Waals surface area contributed by atoms with E-state index in [1.165, 1.54) is 11.1 Å². The number of halogens is 2. The van der Waals surface area contributed by atoms with Crippen LogP contribution in [0, 0.1) is 12.7 Å². The van der Waals surface area contributed by atoms with E-state index in [2.05, 4.69) is 24.0 Å². The summed E-state index contributed by atoms with van der Waals surface area (Å²) in [6, 6.07) is 11.8. The topological polar surface area (TPSA) is 32.7 Å². The maximum Gasteiger partial charge on any atom is 0.123 e. The van der Waals surface area contributed by atoms with Gasteiger partial charge in [0.15, 0.2) is 0 Å². The largest absolute Gasteiger partial charge is 0.491 e. The number of nitrogens with zero attached hydrogens (tertiary/aromatic N) is 1. The summed E-state index contributed by atoms with van der Waals surface area (Å²) in [6.45, 7) is 6.37. The second kappa shape index (κ2) is 9.36. The van der Waals surface area contributed by atoms with Crippen LogP contribution in [0.4, 0.5) is 4.39 Å². The van der Waals surface area contributed by atoms with Gasteiger partial charge in [-0.25, -0.2) is 4.39 Å². The standard InChI is InChI=1S/C21H26FNO2.ClH/c1-15-11-17(5-8-21(15)25-10-9-24)4-3-16(2)23-13-18-6-7-20(22)12-19(18)14-23;/h5-8,11-12,16,24H,3-4,9-10,13-14H2,1-2H3;1H/t16-;/m1./s1. The van der Waals surface area contributed by atoms with Gasteiger partial charge in [0.25, 0.3) is 0 Å². The van der Waals surface area contributed by atoms with Crippen LogP contribution in [0.1, 0.15) is 35.6 Å². The van der Waals surface area contributed by atoms with Crippen molar-refractivity contribution in [2.24, 2.45) is 0 Å². The van der Waals surface area contributed by atoms with Gasteiger partial charge in [-0.3, -0.25) is 4.90 Å². The fourth-order valence-electron chi connectivity index (χ4n) is 3.44. The average molecular weight is 380 g/mol. The van der Waals surface area contributed by atoms with Crippen molar-refractivity contribution in [3.8, 4) is 5.75 Å². The number of ether oxygens (including phenoxy) is 1. The number of benzene rings is 2. The first-order chi connectivity index (χ1) is 12.1. The smallest absolute Gasteiger partial charge is 0.123 e. The maximum atomic E-state index is 13.4. The van der Waals surface area contributed by atoms with Crippen molar-refractivity contribution in [3.63, 3.8) is 0 Å². The summed E-state index contributed by atoms with van der Waals surface area (Å²) >= 11 is 0. The molecule has 3 nitrogen and oxygen atoms in total. The lowest BCUT2D eigenvalue weighted by Gasteiger charge is -2.24. The Morgan fingerprint density at radius 3 is 2.65 bits per heavy atom. The van der Waals surface area contributed by atoms with Crippen molar-refractivity contribution in [2.45, 2.75) is 45.8 Å². The Kier molecular flexibility index (Phi) is 7.44. The molecule has 1 aliphatic heterocycles. The highest BCUT2D eigenvalue weighted by Gasteiger charge is 2.23. The average Bonchev–Trinajstić information content (AvgIpc) is 3.02. The molecule has 142 valence electrons. The summed E-state index contributed by atoms with van der Waals surface area (Å²) in [5.41, 5.74) is 4.76. The molecular formula is C21H27ClFNO2. The molecule has 1 aliphatic rings. The molecular weight excluding hydrogens is 353 g/mol. The van der Waals surface area contributed by atoms with E-state index in [4.69, 9.17) is 9.84 Å². The molecule has 0 aromatic heterocycles. The molecule has 0 aliphatic carbocycles. The van der Waals surface area contributed by atoms with Crippen LogP contribution in [0.2, 0.25) is 0 Å². The molecule has 0 saturated heterocycles. The number of aliphatic hydroxyl groups excluding tert-OH is 1. The van der Waals surface area contributed by atoms with Gasteiger partial charge in [-0.05, 0) is 67.1 Å². The summed E-state index contributed by atoms with van der Waals surface area (Å²) in [5, 5.41) is 8.85. The van der Waals surface area contributed by atoms with E-state index in [1.807, 2.05) is 19.1 Å². The molecule has 26 heavy (non-hydrogen) atoms. The molecule has 2 aromatic rings.